The Hall–Kier alpha value is -1.55. The lowest BCUT2D eigenvalue weighted by Crippen LogP contribution is -2.25. The molecule has 0 spiro atoms. The largest absolute Gasteiger partial charge is 0.493 e. The van der Waals surface area contributed by atoms with Crippen molar-refractivity contribution in [1.29, 1.82) is 0 Å². The summed E-state index contributed by atoms with van der Waals surface area (Å²) in [4.78, 5) is 10.9. The van der Waals surface area contributed by atoms with Crippen LogP contribution in [0, 0.1) is 6.92 Å². The number of aromatic carboxylic acids is 1. The molecule has 0 saturated carbocycles. The molecule has 0 aromatic heterocycles. The molecule has 0 unspecified atom stereocenters. The lowest BCUT2D eigenvalue weighted by molar-refractivity contribution is 0.00545. The third kappa shape index (κ3) is 4.04. The minimum absolute atomic E-state index is 0.212. The van der Waals surface area contributed by atoms with Gasteiger partial charge in [-0.05, 0) is 44.5 Å². The van der Waals surface area contributed by atoms with E-state index in [0.717, 1.165) is 6.42 Å². The van der Waals surface area contributed by atoms with Crippen LogP contribution in [0.1, 0.15) is 36.2 Å². The quantitative estimate of drug-likeness (QED) is 0.845. The van der Waals surface area contributed by atoms with Crippen LogP contribution in [-0.4, -0.2) is 30.4 Å². The molecular weight excluding hydrogens is 232 g/mol. The molecule has 0 bridgehead atoms. The van der Waals surface area contributed by atoms with Crippen LogP contribution in [0.5, 0.6) is 5.75 Å². The molecule has 1 rings (SSSR count). The maximum atomic E-state index is 10.9. The molecule has 0 aliphatic rings. The maximum Gasteiger partial charge on any atom is 0.335 e. The number of hydrogen-bond acceptors (Lipinski definition) is 3. The molecule has 1 aromatic rings. The van der Waals surface area contributed by atoms with E-state index in [2.05, 4.69) is 0 Å². The molecule has 4 heteroatoms. The predicted octanol–water partition coefficient (Wildman–Crippen LogP) is 2.89. The fraction of sp³-hybridized carbons (Fsp3) is 0.500. The average molecular weight is 252 g/mol. The fourth-order valence-electron chi connectivity index (χ4n) is 1.48. The van der Waals surface area contributed by atoms with E-state index >= 15 is 0 Å². The summed E-state index contributed by atoms with van der Waals surface area (Å²) in [6.07, 6.45) is 0.767. The van der Waals surface area contributed by atoms with E-state index in [9.17, 15) is 4.79 Å². The van der Waals surface area contributed by atoms with Gasteiger partial charge in [0.15, 0.2) is 0 Å². The molecule has 4 nitrogen and oxygen atoms in total. The average Bonchev–Trinajstić information content (AvgIpc) is 2.28. The molecule has 0 atom stereocenters. The summed E-state index contributed by atoms with van der Waals surface area (Å²) in [5.41, 5.74) is 0.793. The van der Waals surface area contributed by atoms with Crippen LogP contribution in [0.3, 0.4) is 0 Å². The Morgan fingerprint density at radius 1 is 1.39 bits per heavy atom. The Morgan fingerprint density at radius 2 is 2.06 bits per heavy atom. The molecule has 0 amide bonds. The lowest BCUT2D eigenvalue weighted by Gasteiger charge is -2.22. The van der Waals surface area contributed by atoms with Gasteiger partial charge in [0.25, 0.3) is 0 Å². The van der Waals surface area contributed by atoms with Crippen molar-refractivity contribution >= 4 is 5.97 Å². The third-order valence-corrected chi connectivity index (χ3v) is 2.95. The fourth-order valence-corrected chi connectivity index (χ4v) is 1.48. The first-order chi connectivity index (χ1) is 8.35. The summed E-state index contributed by atoms with van der Waals surface area (Å²) in [6.45, 7) is 6.28. The Kier molecular flexibility index (Phi) is 4.73. The summed E-state index contributed by atoms with van der Waals surface area (Å²) < 4.78 is 10.9. The summed E-state index contributed by atoms with van der Waals surface area (Å²) in [7, 11) is 1.67. The summed E-state index contributed by atoms with van der Waals surface area (Å²) in [5, 5.41) is 8.91. The second-order valence-corrected chi connectivity index (χ2v) is 4.84. The molecule has 100 valence electrons. The highest BCUT2D eigenvalue weighted by atomic mass is 16.5. The molecule has 0 aliphatic heterocycles. The number of methoxy groups -OCH3 is 1. The molecule has 0 radical (unpaired) electrons. The van der Waals surface area contributed by atoms with Crippen molar-refractivity contribution in [2.24, 2.45) is 0 Å². The Morgan fingerprint density at radius 3 is 2.56 bits per heavy atom. The van der Waals surface area contributed by atoms with Gasteiger partial charge in [-0.15, -0.1) is 0 Å². The monoisotopic (exact) mass is 252 g/mol. The number of aryl methyl sites for hydroxylation is 1. The molecule has 1 N–H and O–H groups in total. The Labute approximate surface area is 108 Å². The van der Waals surface area contributed by atoms with Gasteiger partial charge in [-0.1, -0.05) is 0 Å². The molecular formula is C14H20O4. The number of benzene rings is 1. The number of ether oxygens (including phenoxy) is 2. The van der Waals surface area contributed by atoms with Crippen molar-refractivity contribution in [3.8, 4) is 5.75 Å². The minimum atomic E-state index is -0.917. The van der Waals surface area contributed by atoms with Crippen molar-refractivity contribution in [2.75, 3.05) is 13.7 Å². The third-order valence-electron chi connectivity index (χ3n) is 2.95. The predicted molar refractivity (Wildman–Crippen MR) is 69.3 cm³/mol. The standard InChI is InChI=1S/C14H20O4/c1-10-9-11(5-6-12(10)13(15)16)18-8-7-14(2,3)17-4/h5-6,9H,7-8H2,1-4H3,(H,15,16). The second kappa shape index (κ2) is 5.87. The first-order valence-electron chi connectivity index (χ1n) is 5.87. The topological polar surface area (TPSA) is 55.8 Å². The highest BCUT2D eigenvalue weighted by Crippen LogP contribution is 2.19. The number of carbonyl (C=O) groups is 1. The number of rotatable bonds is 6. The van der Waals surface area contributed by atoms with Crippen molar-refractivity contribution in [1.82, 2.24) is 0 Å². The second-order valence-electron chi connectivity index (χ2n) is 4.84. The Bertz CT molecular complexity index is 424. The van der Waals surface area contributed by atoms with E-state index in [1.165, 1.54) is 0 Å². The number of carboxylic acid groups (broad SMARTS) is 1. The van der Waals surface area contributed by atoms with Crippen molar-refractivity contribution < 1.29 is 19.4 Å². The zero-order valence-corrected chi connectivity index (χ0v) is 11.3. The van der Waals surface area contributed by atoms with E-state index in [1.807, 2.05) is 13.8 Å². The smallest absolute Gasteiger partial charge is 0.335 e. The maximum absolute atomic E-state index is 10.9. The van der Waals surface area contributed by atoms with Crippen LogP contribution in [0.25, 0.3) is 0 Å². The van der Waals surface area contributed by atoms with Gasteiger partial charge in [0.1, 0.15) is 5.75 Å². The van der Waals surface area contributed by atoms with E-state index in [4.69, 9.17) is 14.6 Å². The highest BCUT2D eigenvalue weighted by molar-refractivity contribution is 5.89. The molecule has 18 heavy (non-hydrogen) atoms. The van der Waals surface area contributed by atoms with Crippen LogP contribution in [-0.2, 0) is 4.74 Å². The molecule has 0 heterocycles. The first-order valence-corrected chi connectivity index (χ1v) is 5.87. The van der Waals surface area contributed by atoms with Gasteiger partial charge in [-0.2, -0.15) is 0 Å². The van der Waals surface area contributed by atoms with Gasteiger partial charge < -0.3 is 14.6 Å². The SMILES string of the molecule is COC(C)(C)CCOc1ccc(C(=O)O)c(C)c1. The van der Waals surface area contributed by atoms with Crippen molar-refractivity contribution in [3.05, 3.63) is 29.3 Å². The van der Waals surface area contributed by atoms with Crippen LogP contribution < -0.4 is 4.74 Å². The highest BCUT2D eigenvalue weighted by Gasteiger charge is 2.16. The minimum Gasteiger partial charge on any atom is -0.493 e. The van der Waals surface area contributed by atoms with E-state index in [1.54, 1.807) is 32.2 Å². The first kappa shape index (κ1) is 14.5. The van der Waals surface area contributed by atoms with Crippen molar-refractivity contribution in [3.63, 3.8) is 0 Å². The molecule has 0 saturated heterocycles. The normalized spacial score (nSPS) is 11.3. The lowest BCUT2D eigenvalue weighted by atomic mass is 10.1. The van der Waals surface area contributed by atoms with E-state index < -0.39 is 5.97 Å². The van der Waals surface area contributed by atoms with Crippen LogP contribution >= 0.6 is 0 Å². The summed E-state index contributed by atoms with van der Waals surface area (Å²) in [5.74, 6) is -0.232. The van der Waals surface area contributed by atoms with Gasteiger partial charge >= 0.3 is 5.97 Å². The van der Waals surface area contributed by atoms with Gasteiger partial charge in [0.2, 0.25) is 0 Å². The summed E-state index contributed by atoms with van der Waals surface area (Å²) >= 11 is 0. The van der Waals surface area contributed by atoms with E-state index in [-0.39, 0.29) is 5.60 Å². The van der Waals surface area contributed by atoms with Crippen molar-refractivity contribution in [2.45, 2.75) is 32.8 Å². The van der Waals surface area contributed by atoms with Gasteiger partial charge in [0, 0.05) is 13.5 Å². The van der Waals surface area contributed by atoms with Crippen LogP contribution in [0.4, 0.5) is 0 Å². The Balaban J connectivity index is 2.59. The van der Waals surface area contributed by atoms with Crippen LogP contribution in [0.2, 0.25) is 0 Å². The van der Waals surface area contributed by atoms with E-state index in [0.29, 0.717) is 23.5 Å². The number of hydrogen-bond donors (Lipinski definition) is 1. The zero-order valence-electron chi connectivity index (χ0n) is 11.3. The molecule has 1 aromatic carbocycles. The van der Waals surface area contributed by atoms with Gasteiger partial charge in [-0.3, -0.25) is 0 Å². The van der Waals surface area contributed by atoms with Gasteiger partial charge in [0.05, 0.1) is 17.8 Å². The molecule has 0 fully saturated rings. The zero-order chi connectivity index (χ0) is 13.8. The van der Waals surface area contributed by atoms with Gasteiger partial charge in [-0.25, -0.2) is 4.79 Å². The molecule has 0 aliphatic carbocycles. The number of carboxylic acids is 1. The summed E-state index contributed by atoms with van der Waals surface area (Å²) in [6, 6.07) is 4.98. The van der Waals surface area contributed by atoms with Crippen LogP contribution in [0.15, 0.2) is 18.2 Å².